The highest BCUT2D eigenvalue weighted by atomic mass is 16.1. The van der Waals surface area contributed by atoms with Crippen LogP contribution in [-0.4, -0.2) is 20.3 Å². The van der Waals surface area contributed by atoms with Gasteiger partial charge in [0, 0.05) is 31.9 Å². The average molecular weight is 243 g/mol. The fourth-order valence-corrected chi connectivity index (χ4v) is 1.94. The molecule has 94 valence electrons. The van der Waals surface area contributed by atoms with E-state index in [1.54, 1.807) is 6.92 Å². The lowest BCUT2D eigenvalue weighted by molar-refractivity contribution is 0.101. The first kappa shape index (κ1) is 12.5. The van der Waals surface area contributed by atoms with Crippen molar-refractivity contribution in [2.75, 3.05) is 0 Å². The van der Waals surface area contributed by atoms with Gasteiger partial charge >= 0.3 is 0 Å². The van der Waals surface area contributed by atoms with Crippen LogP contribution in [0.4, 0.5) is 0 Å². The number of pyridine rings is 1. The first-order valence-corrected chi connectivity index (χ1v) is 6.07. The molecule has 0 bridgehead atoms. The molecule has 0 aromatic carbocycles. The zero-order chi connectivity index (χ0) is 13.1. The Morgan fingerprint density at radius 1 is 1.39 bits per heavy atom. The van der Waals surface area contributed by atoms with Crippen LogP contribution in [0.2, 0.25) is 0 Å². The molecule has 2 heterocycles. The molecule has 0 fully saturated rings. The molecule has 0 atom stereocenters. The second-order valence-corrected chi connectivity index (χ2v) is 4.45. The number of aromatic nitrogens is 3. The molecule has 18 heavy (non-hydrogen) atoms. The zero-order valence-corrected chi connectivity index (χ0v) is 11.0. The summed E-state index contributed by atoms with van der Waals surface area (Å²) in [6.45, 7) is 6.31. The van der Waals surface area contributed by atoms with Gasteiger partial charge in [0.1, 0.15) is 11.5 Å². The van der Waals surface area contributed by atoms with Crippen LogP contribution in [0.5, 0.6) is 0 Å². The van der Waals surface area contributed by atoms with Crippen molar-refractivity contribution >= 4 is 5.78 Å². The summed E-state index contributed by atoms with van der Waals surface area (Å²) < 4.78 is 2.02. The summed E-state index contributed by atoms with van der Waals surface area (Å²) in [4.78, 5) is 19.9. The summed E-state index contributed by atoms with van der Waals surface area (Å²) in [5.41, 5.74) is 2.79. The maximum absolute atomic E-state index is 11.3. The maximum Gasteiger partial charge on any atom is 0.179 e. The molecule has 0 spiro atoms. The summed E-state index contributed by atoms with van der Waals surface area (Å²) in [6, 6.07) is 2.10. The molecule has 2 aromatic heterocycles. The topological polar surface area (TPSA) is 47.8 Å². The summed E-state index contributed by atoms with van der Waals surface area (Å²) in [5.74, 6) is 0.938. The van der Waals surface area contributed by atoms with Gasteiger partial charge in [-0.15, -0.1) is 0 Å². The van der Waals surface area contributed by atoms with E-state index in [-0.39, 0.29) is 5.78 Å². The van der Waals surface area contributed by atoms with Crippen LogP contribution in [0.25, 0.3) is 0 Å². The van der Waals surface area contributed by atoms with E-state index in [0.29, 0.717) is 12.2 Å². The van der Waals surface area contributed by atoms with Crippen LogP contribution in [0, 0.1) is 6.92 Å². The molecule has 0 aliphatic carbocycles. The van der Waals surface area contributed by atoms with Crippen LogP contribution in [0.1, 0.15) is 41.3 Å². The van der Waals surface area contributed by atoms with Crippen LogP contribution >= 0.6 is 0 Å². The Morgan fingerprint density at radius 2 is 2.17 bits per heavy atom. The molecule has 4 nitrogen and oxygen atoms in total. The van der Waals surface area contributed by atoms with Gasteiger partial charge in [-0.25, -0.2) is 4.98 Å². The molecular formula is C14H17N3O. The van der Waals surface area contributed by atoms with Crippen LogP contribution in [0.15, 0.2) is 24.7 Å². The monoisotopic (exact) mass is 243 g/mol. The zero-order valence-electron chi connectivity index (χ0n) is 11.0. The predicted octanol–water partition coefficient (Wildman–Crippen LogP) is 2.40. The third-order valence-electron chi connectivity index (χ3n) is 2.82. The van der Waals surface area contributed by atoms with E-state index in [2.05, 4.69) is 16.0 Å². The van der Waals surface area contributed by atoms with Crippen molar-refractivity contribution in [3.8, 4) is 0 Å². The van der Waals surface area contributed by atoms with Gasteiger partial charge < -0.3 is 4.57 Å². The maximum atomic E-state index is 11.3. The second-order valence-electron chi connectivity index (χ2n) is 4.45. The van der Waals surface area contributed by atoms with Crippen molar-refractivity contribution < 1.29 is 4.79 Å². The summed E-state index contributed by atoms with van der Waals surface area (Å²) >= 11 is 0. The molecule has 0 unspecified atom stereocenters. The molecular weight excluding hydrogens is 226 g/mol. The minimum absolute atomic E-state index is 0.00539. The van der Waals surface area contributed by atoms with Gasteiger partial charge in [-0.1, -0.05) is 13.0 Å². The van der Waals surface area contributed by atoms with Crippen molar-refractivity contribution in [3.05, 3.63) is 47.3 Å². The van der Waals surface area contributed by atoms with Crippen molar-refractivity contribution in [3.63, 3.8) is 0 Å². The number of hydrogen-bond acceptors (Lipinski definition) is 3. The van der Waals surface area contributed by atoms with Crippen LogP contribution in [-0.2, 0) is 13.0 Å². The normalized spacial score (nSPS) is 10.6. The van der Waals surface area contributed by atoms with E-state index in [4.69, 9.17) is 0 Å². The van der Waals surface area contributed by atoms with Crippen molar-refractivity contribution in [2.45, 2.75) is 33.7 Å². The first-order valence-electron chi connectivity index (χ1n) is 6.07. The van der Waals surface area contributed by atoms with Gasteiger partial charge in [0.2, 0.25) is 0 Å². The average Bonchev–Trinajstić information content (AvgIpc) is 2.72. The lowest BCUT2D eigenvalue weighted by Gasteiger charge is -2.06. The lowest BCUT2D eigenvalue weighted by Crippen LogP contribution is -2.03. The smallest absolute Gasteiger partial charge is 0.179 e. The van der Waals surface area contributed by atoms with Crippen LogP contribution < -0.4 is 0 Å². The number of carbonyl (C=O) groups is 1. The molecule has 0 saturated heterocycles. The summed E-state index contributed by atoms with van der Waals surface area (Å²) in [7, 11) is 0. The molecule has 4 heteroatoms. The minimum Gasteiger partial charge on any atom is -0.330 e. The van der Waals surface area contributed by atoms with Crippen molar-refractivity contribution in [2.24, 2.45) is 0 Å². The Balaban J connectivity index is 2.30. The Bertz CT molecular complexity index is 572. The van der Waals surface area contributed by atoms with E-state index >= 15 is 0 Å². The van der Waals surface area contributed by atoms with Gasteiger partial charge in [-0.05, 0) is 18.1 Å². The highest BCUT2D eigenvalue weighted by molar-refractivity contribution is 5.91. The molecule has 0 amide bonds. The number of Topliss-reactive ketones (excluding diaryl/α,β-unsaturated/α-hetero) is 1. The number of hydrogen-bond donors (Lipinski definition) is 0. The van der Waals surface area contributed by atoms with E-state index in [9.17, 15) is 4.79 Å². The summed E-state index contributed by atoms with van der Waals surface area (Å²) in [5, 5.41) is 0. The lowest BCUT2D eigenvalue weighted by atomic mass is 10.2. The van der Waals surface area contributed by atoms with E-state index in [1.807, 2.05) is 37.0 Å². The number of carbonyl (C=O) groups excluding carboxylic acids is 1. The molecule has 0 aliphatic rings. The number of imidazole rings is 1. The molecule has 0 radical (unpaired) electrons. The van der Waals surface area contributed by atoms with Gasteiger partial charge in [0.25, 0.3) is 0 Å². The van der Waals surface area contributed by atoms with E-state index in [0.717, 1.165) is 23.4 Å². The Morgan fingerprint density at radius 3 is 2.78 bits per heavy atom. The largest absolute Gasteiger partial charge is 0.330 e. The van der Waals surface area contributed by atoms with Crippen molar-refractivity contribution in [1.29, 1.82) is 0 Å². The molecule has 2 rings (SSSR count). The fourth-order valence-electron chi connectivity index (χ4n) is 1.94. The highest BCUT2D eigenvalue weighted by Crippen LogP contribution is 2.10. The molecule has 0 N–H and O–H groups in total. The number of ketones is 1. The summed E-state index contributed by atoms with van der Waals surface area (Å²) in [6.07, 6.45) is 6.31. The number of nitrogens with zero attached hydrogens (tertiary/aromatic N) is 3. The van der Waals surface area contributed by atoms with Gasteiger partial charge in [0.15, 0.2) is 5.78 Å². The quantitative estimate of drug-likeness (QED) is 0.775. The standard InChI is InChI=1S/C14H17N3O/c1-4-14-16-13(11(3)18)9-17(14)8-12-5-10(2)6-15-7-12/h5-7,9H,4,8H2,1-3H3. The SMILES string of the molecule is CCc1nc(C(C)=O)cn1Cc1cncc(C)c1. The first-order chi connectivity index (χ1) is 8.60. The molecule has 2 aromatic rings. The van der Waals surface area contributed by atoms with Gasteiger partial charge in [-0.3, -0.25) is 9.78 Å². The van der Waals surface area contributed by atoms with Gasteiger partial charge in [0.05, 0.1) is 6.54 Å². The third-order valence-corrected chi connectivity index (χ3v) is 2.82. The number of rotatable bonds is 4. The second kappa shape index (κ2) is 5.12. The van der Waals surface area contributed by atoms with Crippen LogP contribution in [0.3, 0.4) is 0 Å². The minimum atomic E-state index is 0.00539. The van der Waals surface area contributed by atoms with E-state index < -0.39 is 0 Å². The highest BCUT2D eigenvalue weighted by Gasteiger charge is 2.10. The Labute approximate surface area is 107 Å². The Hall–Kier alpha value is -1.97. The molecule has 0 aliphatic heterocycles. The van der Waals surface area contributed by atoms with E-state index in [1.165, 1.54) is 0 Å². The van der Waals surface area contributed by atoms with Gasteiger partial charge in [-0.2, -0.15) is 0 Å². The molecule has 0 saturated carbocycles. The predicted molar refractivity (Wildman–Crippen MR) is 69.7 cm³/mol. The van der Waals surface area contributed by atoms with Crippen molar-refractivity contribution in [1.82, 2.24) is 14.5 Å². The number of aryl methyl sites for hydroxylation is 2. The Kier molecular flexibility index (Phi) is 3.55. The third kappa shape index (κ3) is 2.64. The fraction of sp³-hybridized carbons (Fsp3) is 0.357.